The number of ether oxygens (including phenoxy) is 1. The van der Waals surface area contributed by atoms with Gasteiger partial charge < -0.3 is 25.6 Å². The summed E-state index contributed by atoms with van der Waals surface area (Å²) in [5, 5.41) is 8.71. The number of carbonyl (C=O) groups is 2. The molecular weight excluding hydrogens is 380 g/mol. The third-order valence-electron chi connectivity index (χ3n) is 5.04. The minimum atomic E-state index is -0.270. The van der Waals surface area contributed by atoms with E-state index >= 15 is 0 Å². The van der Waals surface area contributed by atoms with Gasteiger partial charge in [-0.15, -0.1) is 0 Å². The Bertz CT molecular complexity index is 879. The molecule has 0 radical (unpaired) electrons. The number of urea groups is 1. The molecule has 0 aromatic heterocycles. The van der Waals surface area contributed by atoms with Crippen LogP contribution >= 0.6 is 0 Å². The van der Waals surface area contributed by atoms with Crippen LogP contribution in [-0.2, 0) is 4.74 Å². The molecule has 3 N–H and O–H groups in total. The van der Waals surface area contributed by atoms with Crippen LogP contribution < -0.4 is 20.9 Å². The zero-order valence-electron chi connectivity index (χ0n) is 17.7. The van der Waals surface area contributed by atoms with Gasteiger partial charge in [0.15, 0.2) is 0 Å². The topological polar surface area (TPSA) is 82.7 Å². The zero-order valence-corrected chi connectivity index (χ0v) is 17.7. The molecule has 0 spiro atoms. The van der Waals surface area contributed by atoms with E-state index in [1.165, 1.54) is 0 Å². The Morgan fingerprint density at radius 3 is 2.60 bits per heavy atom. The van der Waals surface area contributed by atoms with Crippen LogP contribution in [0.25, 0.3) is 0 Å². The predicted octanol–water partition coefficient (Wildman–Crippen LogP) is 4.01. The van der Waals surface area contributed by atoms with Gasteiger partial charge in [-0.3, -0.25) is 4.79 Å². The summed E-state index contributed by atoms with van der Waals surface area (Å²) in [6.07, 6.45) is 3.01. The number of nitrogens with zero attached hydrogens (tertiary/aromatic N) is 1. The highest BCUT2D eigenvalue weighted by molar-refractivity contribution is 6.05. The predicted molar refractivity (Wildman–Crippen MR) is 121 cm³/mol. The molecular formula is C23H30N4O3. The Balaban J connectivity index is 1.74. The van der Waals surface area contributed by atoms with Gasteiger partial charge in [0.1, 0.15) is 0 Å². The second-order valence-electron chi connectivity index (χ2n) is 7.48. The number of nitrogens with one attached hydrogen (secondary N) is 3. The Kier molecular flexibility index (Phi) is 7.68. The van der Waals surface area contributed by atoms with Gasteiger partial charge in [0.05, 0.1) is 11.4 Å². The van der Waals surface area contributed by atoms with Crippen LogP contribution in [0.4, 0.5) is 21.9 Å². The molecule has 1 aliphatic heterocycles. The molecule has 30 heavy (non-hydrogen) atoms. The van der Waals surface area contributed by atoms with E-state index in [4.69, 9.17) is 4.74 Å². The van der Waals surface area contributed by atoms with Crippen molar-refractivity contribution in [1.29, 1.82) is 0 Å². The van der Waals surface area contributed by atoms with Gasteiger partial charge in [0.25, 0.3) is 5.91 Å². The van der Waals surface area contributed by atoms with Crippen LogP contribution in [0.1, 0.15) is 35.2 Å². The van der Waals surface area contributed by atoms with E-state index in [9.17, 15) is 9.59 Å². The first-order chi connectivity index (χ1) is 14.6. The van der Waals surface area contributed by atoms with Gasteiger partial charge in [-0.1, -0.05) is 17.7 Å². The fourth-order valence-corrected chi connectivity index (χ4v) is 3.52. The monoisotopic (exact) mass is 410 g/mol. The molecule has 7 nitrogen and oxygen atoms in total. The van der Waals surface area contributed by atoms with Crippen molar-refractivity contribution >= 4 is 29.0 Å². The van der Waals surface area contributed by atoms with Crippen molar-refractivity contribution in [3.63, 3.8) is 0 Å². The van der Waals surface area contributed by atoms with Gasteiger partial charge in [-0.25, -0.2) is 4.79 Å². The molecule has 0 unspecified atom stereocenters. The van der Waals surface area contributed by atoms with Gasteiger partial charge in [0, 0.05) is 44.6 Å². The summed E-state index contributed by atoms with van der Waals surface area (Å²) < 4.78 is 5.01. The summed E-state index contributed by atoms with van der Waals surface area (Å²) >= 11 is 0. The molecule has 1 aliphatic rings. The Hall–Kier alpha value is -3.06. The average Bonchev–Trinajstić information content (AvgIpc) is 3.26. The Morgan fingerprint density at radius 2 is 1.87 bits per heavy atom. The number of hydrogen-bond donors (Lipinski definition) is 3. The normalized spacial score (nSPS) is 13.2. The smallest absolute Gasteiger partial charge is 0.319 e. The molecule has 1 saturated heterocycles. The molecule has 7 heteroatoms. The number of aryl methyl sites for hydroxylation is 1. The number of benzene rings is 2. The number of anilines is 3. The van der Waals surface area contributed by atoms with E-state index in [0.29, 0.717) is 30.1 Å². The average molecular weight is 411 g/mol. The molecule has 3 amide bonds. The first kappa shape index (κ1) is 21.6. The fraction of sp³-hybridized carbons (Fsp3) is 0.391. The van der Waals surface area contributed by atoms with Gasteiger partial charge in [0.2, 0.25) is 0 Å². The van der Waals surface area contributed by atoms with Crippen LogP contribution in [-0.4, -0.2) is 45.3 Å². The van der Waals surface area contributed by atoms with E-state index in [-0.39, 0.29) is 11.9 Å². The molecule has 0 bridgehead atoms. The SMILES string of the molecule is COCCCNC(=O)Nc1cc(NC(=O)c2cccc(C)c2)ccc1N1CCCC1. The summed E-state index contributed by atoms with van der Waals surface area (Å²) in [4.78, 5) is 27.2. The van der Waals surface area contributed by atoms with Crippen molar-refractivity contribution in [3.05, 3.63) is 53.6 Å². The minimum Gasteiger partial charge on any atom is -0.385 e. The van der Waals surface area contributed by atoms with E-state index in [1.807, 2.05) is 43.3 Å². The van der Waals surface area contributed by atoms with E-state index in [1.54, 1.807) is 13.2 Å². The number of amides is 3. The summed E-state index contributed by atoms with van der Waals surface area (Å²) in [5.41, 5.74) is 3.92. The van der Waals surface area contributed by atoms with E-state index < -0.39 is 0 Å². The van der Waals surface area contributed by atoms with Crippen molar-refractivity contribution in [2.45, 2.75) is 26.2 Å². The van der Waals surface area contributed by atoms with Crippen LogP contribution in [0.15, 0.2) is 42.5 Å². The maximum Gasteiger partial charge on any atom is 0.319 e. The van der Waals surface area contributed by atoms with Crippen molar-refractivity contribution in [3.8, 4) is 0 Å². The lowest BCUT2D eigenvalue weighted by atomic mass is 10.1. The lowest BCUT2D eigenvalue weighted by molar-refractivity contribution is 0.102. The summed E-state index contributed by atoms with van der Waals surface area (Å²) in [6, 6.07) is 12.8. The first-order valence-corrected chi connectivity index (χ1v) is 10.4. The number of methoxy groups -OCH3 is 1. The highest BCUT2D eigenvalue weighted by Crippen LogP contribution is 2.32. The molecule has 1 fully saturated rings. The summed E-state index contributed by atoms with van der Waals surface area (Å²) in [6.45, 7) is 5.00. The second kappa shape index (κ2) is 10.6. The molecule has 160 valence electrons. The quantitative estimate of drug-likeness (QED) is 0.575. The first-order valence-electron chi connectivity index (χ1n) is 10.4. The fourth-order valence-electron chi connectivity index (χ4n) is 3.52. The highest BCUT2D eigenvalue weighted by atomic mass is 16.5. The molecule has 2 aromatic carbocycles. The summed E-state index contributed by atoms with van der Waals surface area (Å²) in [7, 11) is 1.64. The molecule has 0 atom stereocenters. The van der Waals surface area contributed by atoms with Gasteiger partial charge >= 0.3 is 6.03 Å². The lowest BCUT2D eigenvalue weighted by Crippen LogP contribution is -2.31. The van der Waals surface area contributed by atoms with Gasteiger partial charge in [-0.05, 0) is 56.5 Å². The van der Waals surface area contributed by atoms with Crippen LogP contribution in [0.2, 0.25) is 0 Å². The standard InChI is InChI=1S/C23H30N4O3/c1-17-7-5-8-18(15-17)22(28)25-19-9-10-21(27-12-3-4-13-27)20(16-19)26-23(29)24-11-6-14-30-2/h5,7-10,15-16H,3-4,6,11-14H2,1-2H3,(H,25,28)(H2,24,26,29). The van der Waals surface area contributed by atoms with E-state index in [0.717, 1.165) is 43.6 Å². The number of carbonyl (C=O) groups excluding carboxylic acids is 2. The maximum absolute atomic E-state index is 12.6. The lowest BCUT2D eigenvalue weighted by Gasteiger charge is -2.22. The van der Waals surface area contributed by atoms with Crippen LogP contribution in [0, 0.1) is 6.92 Å². The van der Waals surface area contributed by atoms with Crippen molar-refractivity contribution in [2.24, 2.45) is 0 Å². The van der Waals surface area contributed by atoms with Crippen molar-refractivity contribution < 1.29 is 14.3 Å². The summed E-state index contributed by atoms with van der Waals surface area (Å²) in [5.74, 6) is -0.178. The molecule has 1 heterocycles. The molecule has 0 aliphatic carbocycles. The third-order valence-corrected chi connectivity index (χ3v) is 5.04. The number of rotatable bonds is 8. The van der Waals surface area contributed by atoms with Crippen LogP contribution in [0.3, 0.4) is 0 Å². The van der Waals surface area contributed by atoms with Crippen molar-refractivity contribution in [1.82, 2.24) is 5.32 Å². The Labute approximate surface area is 177 Å². The molecule has 3 rings (SSSR count). The third kappa shape index (κ3) is 5.97. The van der Waals surface area contributed by atoms with Crippen molar-refractivity contribution in [2.75, 3.05) is 48.9 Å². The van der Waals surface area contributed by atoms with Gasteiger partial charge in [-0.2, -0.15) is 0 Å². The zero-order chi connectivity index (χ0) is 21.3. The van der Waals surface area contributed by atoms with E-state index in [2.05, 4.69) is 20.9 Å². The number of hydrogen-bond acceptors (Lipinski definition) is 4. The largest absolute Gasteiger partial charge is 0.385 e. The Morgan fingerprint density at radius 1 is 1.07 bits per heavy atom. The highest BCUT2D eigenvalue weighted by Gasteiger charge is 2.18. The maximum atomic E-state index is 12.6. The molecule has 0 saturated carbocycles. The second-order valence-corrected chi connectivity index (χ2v) is 7.48. The molecule has 2 aromatic rings. The van der Waals surface area contributed by atoms with Crippen LogP contribution in [0.5, 0.6) is 0 Å². The minimum absolute atomic E-state index is 0.178.